The second-order valence-corrected chi connectivity index (χ2v) is 6.04. The molecular weight excluding hydrogens is 296 g/mol. The molecule has 7 heteroatoms. The standard InChI is InChI=1S/C16H20N4O3/c1-19(2)14(21)9-17-15(22)10-5-6-12-11(8-10)18-16(23)13-4-3-7-20(12)13/h5-6,8,13H,3-4,7,9H2,1-2H3,(H,17,22)(H,18,23)/t13-/m1/s1. The zero-order valence-electron chi connectivity index (χ0n) is 13.3. The van der Waals surface area contributed by atoms with E-state index in [1.54, 1.807) is 26.2 Å². The molecule has 0 saturated carbocycles. The average molecular weight is 316 g/mol. The Kier molecular flexibility index (Phi) is 3.94. The van der Waals surface area contributed by atoms with Crippen LogP contribution in [0.2, 0.25) is 0 Å². The molecule has 0 spiro atoms. The number of nitrogens with zero attached hydrogens (tertiary/aromatic N) is 2. The molecular formula is C16H20N4O3. The SMILES string of the molecule is CN(C)C(=O)CNC(=O)c1ccc2c(c1)NC(=O)[C@H]1CCCN21. The number of hydrogen-bond donors (Lipinski definition) is 2. The number of carbonyl (C=O) groups is 3. The van der Waals surface area contributed by atoms with E-state index >= 15 is 0 Å². The van der Waals surface area contributed by atoms with Crippen molar-refractivity contribution in [3.05, 3.63) is 23.8 Å². The van der Waals surface area contributed by atoms with Crippen molar-refractivity contribution in [2.24, 2.45) is 0 Å². The van der Waals surface area contributed by atoms with E-state index in [1.807, 2.05) is 6.07 Å². The highest BCUT2D eigenvalue weighted by Gasteiger charge is 2.36. The molecule has 0 unspecified atom stereocenters. The summed E-state index contributed by atoms with van der Waals surface area (Å²) < 4.78 is 0. The first-order valence-electron chi connectivity index (χ1n) is 7.67. The molecule has 1 aromatic rings. The summed E-state index contributed by atoms with van der Waals surface area (Å²) in [6.45, 7) is 0.803. The number of likely N-dealkylation sites (N-methyl/N-ethyl adjacent to an activating group) is 1. The Morgan fingerprint density at radius 3 is 2.91 bits per heavy atom. The third-order valence-corrected chi connectivity index (χ3v) is 4.28. The van der Waals surface area contributed by atoms with Gasteiger partial charge >= 0.3 is 0 Å². The van der Waals surface area contributed by atoms with Crippen LogP contribution in [0, 0.1) is 0 Å². The van der Waals surface area contributed by atoms with Crippen molar-refractivity contribution in [3.8, 4) is 0 Å². The fraction of sp³-hybridized carbons (Fsp3) is 0.438. The molecule has 0 aliphatic carbocycles. The van der Waals surface area contributed by atoms with E-state index in [1.165, 1.54) is 4.90 Å². The smallest absolute Gasteiger partial charge is 0.251 e. The molecule has 3 rings (SSSR count). The first-order chi connectivity index (χ1) is 11.0. The number of hydrogen-bond acceptors (Lipinski definition) is 4. The van der Waals surface area contributed by atoms with Crippen molar-refractivity contribution in [1.82, 2.24) is 10.2 Å². The maximum atomic E-state index is 12.2. The van der Waals surface area contributed by atoms with Gasteiger partial charge in [-0.25, -0.2) is 0 Å². The van der Waals surface area contributed by atoms with Crippen LogP contribution in [0.4, 0.5) is 11.4 Å². The van der Waals surface area contributed by atoms with Gasteiger partial charge in [-0.3, -0.25) is 14.4 Å². The molecule has 1 saturated heterocycles. The van der Waals surface area contributed by atoms with Crippen LogP contribution in [-0.2, 0) is 9.59 Å². The fourth-order valence-corrected chi connectivity index (χ4v) is 2.99. The molecule has 1 fully saturated rings. The highest BCUT2D eigenvalue weighted by atomic mass is 16.2. The molecule has 2 aliphatic rings. The number of anilines is 2. The Bertz CT molecular complexity index is 671. The highest BCUT2D eigenvalue weighted by Crippen LogP contribution is 2.37. The summed E-state index contributed by atoms with van der Waals surface area (Å²) in [5, 5.41) is 5.46. The van der Waals surface area contributed by atoms with Gasteiger partial charge in [0.15, 0.2) is 0 Å². The molecule has 3 amide bonds. The van der Waals surface area contributed by atoms with Crippen molar-refractivity contribution in [3.63, 3.8) is 0 Å². The molecule has 122 valence electrons. The van der Waals surface area contributed by atoms with Gasteiger partial charge in [-0.1, -0.05) is 0 Å². The molecule has 2 aliphatic heterocycles. The number of amides is 3. The number of nitrogens with one attached hydrogen (secondary N) is 2. The summed E-state index contributed by atoms with van der Waals surface area (Å²) in [4.78, 5) is 39.3. The van der Waals surface area contributed by atoms with Crippen LogP contribution in [0.1, 0.15) is 23.2 Å². The van der Waals surface area contributed by atoms with Gasteiger partial charge in [0, 0.05) is 26.2 Å². The Hall–Kier alpha value is -2.57. The molecule has 0 aromatic heterocycles. The van der Waals surface area contributed by atoms with E-state index in [9.17, 15) is 14.4 Å². The van der Waals surface area contributed by atoms with E-state index < -0.39 is 0 Å². The van der Waals surface area contributed by atoms with Crippen molar-refractivity contribution in [1.29, 1.82) is 0 Å². The molecule has 2 heterocycles. The fourth-order valence-electron chi connectivity index (χ4n) is 2.99. The monoisotopic (exact) mass is 316 g/mol. The third-order valence-electron chi connectivity index (χ3n) is 4.28. The predicted molar refractivity (Wildman–Crippen MR) is 86.5 cm³/mol. The summed E-state index contributed by atoms with van der Waals surface area (Å²) in [5.41, 5.74) is 2.03. The van der Waals surface area contributed by atoms with E-state index in [0.29, 0.717) is 11.3 Å². The minimum atomic E-state index is -0.333. The number of rotatable bonds is 3. The second-order valence-electron chi connectivity index (χ2n) is 6.04. The van der Waals surface area contributed by atoms with Gasteiger partial charge < -0.3 is 20.4 Å². The second kappa shape index (κ2) is 5.91. The molecule has 2 N–H and O–H groups in total. The summed E-state index contributed by atoms with van der Waals surface area (Å²) >= 11 is 0. The minimum Gasteiger partial charge on any atom is -0.358 e. The van der Waals surface area contributed by atoms with E-state index in [-0.39, 0.29) is 30.3 Å². The normalized spacial score (nSPS) is 18.8. The van der Waals surface area contributed by atoms with Crippen molar-refractivity contribution in [2.45, 2.75) is 18.9 Å². The van der Waals surface area contributed by atoms with E-state index in [0.717, 1.165) is 25.1 Å². The lowest BCUT2D eigenvalue weighted by Crippen LogP contribution is -2.44. The van der Waals surface area contributed by atoms with E-state index in [4.69, 9.17) is 0 Å². The van der Waals surface area contributed by atoms with E-state index in [2.05, 4.69) is 15.5 Å². The number of fused-ring (bicyclic) bond motifs is 3. The van der Waals surface area contributed by atoms with Crippen LogP contribution in [0.25, 0.3) is 0 Å². The van der Waals surface area contributed by atoms with Gasteiger partial charge in [0.2, 0.25) is 11.8 Å². The number of carbonyl (C=O) groups excluding carboxylic acids is 3. The van der Waals surface area contributed by atoms with Crippen LogP contribution in [0.3, 0.4) is 0 Å². The van der Waals surface area contributed by atoms with Crippen molar-refractivity contribution in [2.75, 3.05) is 37.4 Å². The van der Waals surface area contributed by atoms with Gasteiger partial charge in [-0.05, 0) is 31.0 Å². The molecule has 0 bridgehead atoms. The maximum absolute atomic E-state index is 12.2. The van der Waals surface area contributed by atoms with Crippen LogP contribution >= 0.6 is 0 Å². The quantitative estimate of drug-likeness (QED) is 0.847. The van der Waals surface area contributed by atoms with Gasteiger partial charge in [0.05, 0.1) is 17.9 Å². The Labute approximate surface area is 134 Å². The van der Waals surface area contributed by atoms with Crippen LogP contribution in [0.5, 0.6) is 0 Å². The summed E-state index contributed by atoms with van der Waals surface area (Å²) in [5.74, 6) is -0.527. The Balaban J connectivity index is 1.76. The molecule has 7 nitrogen and oxygen atoms in total. The Morgan fingerprint density at radius 2 is 2.17 bits per heavy atom. The first-order valence-corrected chi connectivity index (χ1v) is 7.67. The van der Waals surface area contributed by atoms with Gasteiger partial charge in [0.1, 0.15) is 6.04 Å². The van der Waals surface area contributed by atoms with Gasteiger partial charge in [0.25, 0.3) is 5.91 Å². The first kappa shape index (κ1) is 15.3. The van der Waals surface area contributed by atoms with Gasteiger partial charge in [-0.15, -0.1) is 0 Å². The minimum absolute atomic E-state index is 0.0182. The summed E-state index contributed by atoms with van der Waals surface area (Å²) in [6.07, 6.45) is 1.85. The lowest BCUT2D eigenvalue weighted by Gasteiger charge is -2.33. The molecule has 1 aromatic carbocycles. The van der Waals surface area contributed by atoms with Gasteiger partial charge in [-0.2, -0.15) is 0 Å². The molecule has 23 heavy (non-hydrogen) atoms. The van der Waals surface area contributed by atoms with Crippen LogP contribution in [0.15, 0.2) is 18.2 Å². The van der Waals surface area contributed by atoms with Crippen LogP contribution in [-0.4, -0.2) is 55.8 Å². The topological polar surface area (TPSA) is 81.8 Å². The van der Waals surface area contributed by atoms with Crippen molar-refractivity contribution >= 4 is 29.1 Å². The predicted octanol–water partition coefficient (Wildman–Crippen LogP) is 0.425. The summed E-state index contributed by atoms with van der Waals surface area (Å²) in [7, 11) is 3.27. The average Bonchev–Trinajstić information content (AvgIpc) is 3.02. The number of benzene rings is 1. The zero-order valence-corrected chi connectivity index (χ0v) is 13.3. The zero-order chi connectivity index (χ0) is 16.6. The van der Waals surface area contributed by atoms with Crippen molar-refractivity contribution < 1.29 is 14.4 Å². The largest absolute Gasteiger partial charge is 0.358 e. The summed E-state index contributed by atoms with van der Waals surface area (Å²) in [6, 6.07) is 5.15. The molecule has 1 atom stereocenters. The highest BCUT2D eigenvalue weighted by molar-refractivity contribution is 6.06. The van der Waals surface area contributed by atoms with Crippen LogP contribution < -0.4 is 15.5 Å². The Morgan fingerprint density at radius 1 is 1.39 bits per heavy atom. The lowest BCUT2D eigenvalue weighted by molar-refractivity contribution is -0.127. The lowest BCUT2D eigenvalue weighted by atomic mass is 10.1. The molecule has 0 radical (unpaired) electrons. The maximum Gasteiger partial charge on any atom is 0.251 e. The third kappa shape index (κ3) is 2.86.